The average molecular weight is 485 g/mol. The molecular formula is C24H28N4O3S2. The van der Waals surface area contributed by atoms with Crippen molar-refractivity contribution in [1.29, 1.82) is 0 Å². The molecule has 7 nitrogen and oxygen atoms in total. The summed E-state index contributed by atoms with van der Waals surface area (Å²) in [6.45, 7) is 4.90. The molecule has 9 heteroatoms. The lowest BCUT2D eigenvalue weighted by Crippen LogP contribution is -2.51. The Kier molecular flexibility index (Phi) is 6.22. The third kappa shape index (κ3) is 4.55. The van der Waals surface area contributed by atoms with E-state index in [4.69, 9.17) is 4.98 Å². The highest BCUT2D eigenvalue weighted by Gasteiger charge is 2.34. The number of likely N-dealkylation sites (tertiary alicyclic amines) is 1. The van der Waals surface area contributed by atoms with E-state index in [1.165, 1.54) is 4.31 Å². The van der Waals surface area contributed by atoms with Gasteiger partial charge in [0.05, 0.1) is 27.7 Å². The molecule has 3 aromatic rings. The molecule has 1 atom stereocenters. The molecule has 1 unspecified atom stereocenters. The number of carbonyl (C=O) groups excluding carboxylic acids is 1. The highest BCUT2D eigenvalue weighted by molar-refractivity contribution is 7.89. The Morgan fingerprint density at radius 3 is 2.48 bits per heavy atom. The van der Waals surface area contributed by atoms with Gasteiger partial charge in [-0.3, -0.25) is 9.69 Å². The van der Waals surface area contributed by atoms with E-state index < -0.39 is 10.0 Å². The number of carbonyl (C=O) groups is 1. The summed E-state index contributed by atoms with van der Waals surface area (Å²) in [7, 11) is -3.50. The van der Waals surface area contributed by atoms with E-state index in [0.29, 0.717) is 37.6 Å². The van der Waals surface area contributed by atoms with Gasteiger partial charge in [0.25, 0.3) is 0 Å². The number of rotatable bonds is 5. The van der Waals surface area contributed by atoms with Crippen LogP contribution in [0.3, 0.4) is 0 Å². The van der Waals surface area contributed by atoms with E-state index in [2.05, 4.69) is 11.0 Å². The number of sulfonamides is 1. The van der Waals surface area contributed by atoms with Crippen molar-refractivity contribution in [2.75, 3.05) is 39.3 Å². The van der Waals surface area contributed by atoms with Gasteiger partial charge < -0.3 is 4.90 Å². The van der Waals surface area contributed by atoms with Crippen molar-refractivity contribution >= 4 is 37.5 Å². The maximum Gasteiger partial charge on any atom is 0.243 e. The van der Waals surface area contributed by atoms with Gasteiger partial charge in [0.1, 0.15) is 5.01 Å². The zero-order valence-electron chi connectivity index (χ0n) is 18.7. The zero-order valence-corrected chi connectivity index (χ0v) is 20.3. The van der Waals surface area contributed by atoms with Crippen LogP contribution in [0.15, 0.2) is 53.4 Å². The van der Waals surface area contributed by atoms with Crippen LogP contribution >= 0.6 is 11.3 Å². The molecule has 2 aromatic carbocycles. The molecule has 0 aliphatic carbocycles. The van der Waals surface area contributed by atoms with Crippen LogP contribution in [0.4, 0.5) is 0 Å². The highest BCUT2D eigenvalue weighted by atomic mass is 32.2. The van der Waals surface area contributed by atoms with Crippen LogP contribution in [-0.2, 0) is 14.8 Å². The second-order valence-electron chi connectivity index (χ2n) is 8.76. The Bertz CT molecular complexity index is 1220. The molecule has 1 amide bonds. The van der Waals surface area contributed by atoms with Crippen molar-refractivity contribution in [3.05, 3.63) is 59.1 Å². The quantitative estimate of drug-likeness (QED) is 0.556. The molecule has 2 fully saturated rings. The van der Waals surface area contributed by atoms with Crippen LogP contribution in [-0.4, -0.2) is 72.7 Å². The summed E-state index contributed by atoms with van der Waals surface area (Å²) in [6.07, 6.45) is 1.92. The first kappa shape index (κ1) is 22.5. The molecule has 0 saturated carbocycles. The lowest BCUT2D eigenvalue weighted by atomic mass is 10.2. The number of piperazine rings is 1. The van der Waals surface area contributed by atoms with E-state index in [0.717, 1.165) is 40.2 Å². The lowest BCUT2D eigenvalue weighted by Gasteiger charge is -2.35. The van der Waals surface area contributed by atoms with E-state index in [-0.39, 0.29) is 11.9 Å². The Hall–Kier alpha value is -2.33. The van der Waals surface area contributed by atoms with Crippen LogP contribution < -0.4 is 0 Å². The van der Waals surface area contributed by atoms with Crippen molar-refractivity contribution in [1.82, 2.24) is 19.1 Å². The molecule has 0 radical (unpaired) electrons. The summed E-state index contributed by atoms with van der Waals surface area (Å²) < 4.78 is 28.6. The van der Waals surface area contributed by atoms with Crippen LogP contribution in [0, 0.1) is 6.92 Å². The first-order valence-electron chi connectivity index (χ1n) is 11.4. The molecule has 0 bridgehead atoms. The molecule has 2 saturated heterocycles. The minimum atomic E-state index is -3.50. The zero-order chi connectivity index (χ0) is 23.0. The first-order valence-corrected chi connectivity index (χ1v) is 13.6. The van der Waals surface area contributed by atoms with Gasteiger partial charge in [-0.1, -0.05) is 29.8 Å². The van der Waals surface area contributed by atoms with Gasteiger partial charge in [-0.05, 0) is 44.0 Å². The third-order valence-corrected chi connectivity index (χ3v) is 9.57. The number of fused-ring (bicyclic) bond motifs is 1. The molecule has 5 rings (SSSR count). The number of nitrogens with zero attached hydrogens (tertiary/aromatic N) is 4. The number of thiazole rings is 1. The van der Waals surface area contributed by atoms with Crippen LogP contribution in [0.5, 0.6) is 0 Å². The molecule has 1 aromatic heterocycles. The van der Waals surface area contributed by atoms with E-state index in [1.54, 1.807) is 23.5 Å². The maximum absolute atomic E-state index is 13.2. The summed E-state index contributed by atoms with van der Waals surface area (Å²) in [5.41, 5.74) is 2.02. The van der Waals surface area contributed by atoms with Crippen LogP contribution in [0.1, 0.15) is 29.5 Å². The molecule has 3 heterocycles. The highest BCUT2D eigenvalue weighted by Crippen LogP contribution is 2.36. The Morgan fingerprint density at radius 2 is 1.76 bits per heavy atom. The number of aromatic nitrogens is 1. The second-order valence-corrected chi connectivity index (χ2v) is 11.8. The fourth-order valence-corrected chi connectivity index (χ4v) is 7.16. The summed E-state index contributed by atoms with van der Waals surface area (Å²) >= 11 is 1.67. The Labute approximate surface area is 198 Å². The van der Waals surface area contributed by atoms with Crippen molar-refractivity contribution < 1.29 is 13.2 Å². The van der Waals surface area contributed by atoms with Gasteiger partial charge >= 0.3 is 0 Å². The minimum absolute atomic E-state index is 0.0399. The largest absolute Gasteiger partial charge is 0.332 e. The van der Waals surface area contributed by atoms with E-state index in [1.807, 2.05) is 42.2 Å². The third-order valence-electron chi connectivity index (χ3n) is 6.52. The standard InChI is InChI=1S/C24H28N4O3S2/c1-18-8-10-19(11-9-18)33(30,31)27-15-13-26(14-16-27)17-23(29)28-12-4-6-21(28)24-25-20-5-2-3-7-22(20)32-24/h2-3,5,7-11,21H,4,6,12-17H2,1H3. The molecule has 33 heavy (non-hydrogen) atoms. The Balaban J connectivity index is 1.20. The minimum Gasteiger partial charge on any atom is -0.332 e. The number of hydrogen-bond donors (Lipinski definition) is 0. The molecular weight excluding hydrogens is 456 g/mol. The van der Waals surface area contributed by atoms with E-state index >= 15 is 0 Å². The second kappa shape index (κ2) is 9.13. The van der Waals surface area contributed by atoms with Gasteiger partial charge in [-0.25, -0.2) is 13.4 Å². The lowest BCUT2D eigenvalue weighted by molar-refractivity contribution is -0.133. The monoisotopic (exact) mass is 484 g/mol. The van der Waals surface area contributed by atoms with Crippen molar-refractivity contribution in [2.45, 2.75) is 30.7 Å². The summed E-state index contributed by atoms with van der Waals surface area (Å²) in [5.74, 6) is 0.103. The fraction of sp³-hybridized carbons (Fsp3) is 0.417. The molecule has 0 spiro atoms. The number of aryl methyl sites for hydroxylation is 1. The van der Waals surface area contributed by atoms with E-state index in [9.17, 15) is 13.2 Å². The van der Waals surface area contributed by atoms with Crippen LogP contribution in [0.25, 0.3) is 10.2 Å². The fourth-order valence-electron chi connectivity index (χ4n) is 4.62. The number of benzene rings is 2. The summed E-state index contributed by atoms with van der Waals surface area (Å²) in [4.78, 5) is 22.3. The van der Waals surface area contributed by atoms with Gasteiger partial charge in [0.2, 0.25) is 15.9 Å². The molecule has 174 valence electrons. The molecule has 2 aliphatic rings. The smallest absolute Gasteiger partial charge is 0.243 e. The summed E-state index contributed by atoms with van der Waals surface area (Å²) in [6, 6.07) is 15.1. The Morgan fingerprint density at radius 1 is 1.03 bits per heavy atom. The molecule has 0 N–H and O–H groups in total. The van der Waals surface area contributed by atoms with Gasteiger partial charge in [-0.15, -0.1) is 11.3 Å². The number of amides is 1. The van der Waals surface area contributed by atoms with Gasteiger partial charge in [0.15, 0.2) is 0 Å². The van der Waals surface area contributed by atoms with Crippen molar-refractivity contribution in [2.24, 2.45) is 0 Å². The average Bonchev–Trinajstić information content (AvgIpc) is 3.47. The number of para-hydroxylation sites is 1. The van der Waals surface area contributed by atoms with Gasteiger partial charge in [-0.2, -0.15) is 4.31 Å². The van der Waals surface area contributed by atoms with Crippen LogP contribution in [0.2, 0.25) is 0 Å². The topological polar surface area (TPSA) is 73.8 Å². The maximum atomic E-state index is 13.2. The predicted octanol–water partition coefficient (Wildman–Crippen LogP) is 3.27. The first-order chi connectivity index (χ1) is 15.9. The molecule has 2 aliphatic heterocycles. The van der Waals surface area contributed by atoms with Crippen molar-refractivity contribution in [3.63, 3.8) is 0 Å². The SMILES string of the molecule is Cc1ccc(S(=O)(=O)N2CCN(CC(=O)N3CCCC3c3nc4ccccc4s3)CC2)cc1. The normalized spacial score (nSPS) is 20.5. The number of hydrogen-bond acceptors (Lipinski definition) is 6. The van der Waals surface area contributed by atoms with Crippen molar-refractivity contribution in [3.8, 4) is 0 Å². The predicted molar refractivity (Wildman–Crippen MR) is 130 cm³/mol. The summed E-state index contributed by atoms with van der Waals surface area (Å²) in [5, 5.41) is 1.01. The van der Waals surface area contributed by atoms with Gasteiger partial charge in [0, 0.05) is 32.7 Å².